The standard InChI is InChI=1S/C16H22N4O2/c1-4-12(2)13-7-5-6-8-14(13)22-10-16(21)17-9-15-19-18-11-20(15)3/h5-8,11-12H,4,9-10H2,1-3H3,(H,17,21). The molecule has 6 nitrogen and oxygen atoms in total. The lowest BCUT2D eigenvalue weighted by Crippen LogP contribution is -2.29. The van der Waals surface area contributed by atoms with Crippen LogP contribution in [0.25, 0.3) is 0 Å². The van der Waals surface area contributed by atoms with Gasteiger partial charge >= 0.3 is 0 Å². The number of carbonyl (C=O) groups excluding carboxylic acids is 1. The molecule has 22 heavy (non-hydrogen) atoms. The van der Waals surface area contributed by atoms with E-state index in [-0.39, 0.29) is 12.5 Å². The van der Waals surface area contributed by atoms with E-state index in [2.05, 4.69) is 29.4 Å². The zero-order valence-electron chi connectivity index (χ0n) is 13.2. The van der Waals surface area contributed by atoms with Crippen LogP contribution in [0.15, 0.2) is 30.6 Å². The molecule has 1 heterocycles. The van der Waals surface area contributed by atoms with Crippen LogP contribution in [0.1, 0.15) is 37.6 Å². The molecule has 0 radical (unpaired) electrons. The molecule has 0 saturated heterocycles. The molecule has 0 fully saturated rings. The summed E-state index contributed by atoms with van der Waals surface area (Å²) in [6.07, 6.45) is 2.62. The van der Waals surface area contributed by atoms with E-state index >= 15 is 0 Å². The summed E-state index contributed by atoms with van der Waals surface area (Å²) in [5, 5.41) is 10.4. The Morgan fingerprint density at radius 3 is 2.86 bits per heavy atom. The Morgan fingerprint density at radius 1 is 1.41 bits per heavy atom. The average molecular weight is 302 g/mol. The molecule has 0 aliphatic heterocycles. The first-order valence-corrected chi connectivity index (χ1v) is 7.43. The van der Waals surface area contributed by atoms with Crippen LogP contribution in [-0.4, -0.2) is 27.3 Å². The molecule has 118 valence electrons. The fourth-order valence-electron chi connectivity index (χ4n) is 2.08. The molecule has 0 saturated carbocycles. The van der Waals surface area contributed by atoms with E-state index in [1.807, 2.05) is 31.3 Å². The lowest BCUT2D eigenvalue weighted by molar-refractivity contribution is -0.123. The summed E-state index contributed by atoms with van der Waals surface area (Å²) in [6, 6.07) is 7.85. The van der Waals surface area contributed by atoms with Crippen LogP contribution < -0.4 is 10.1 Å². The highest BCUT2D eigenvalue weighted by Gasteiger charge is 2.11. The highest BCUT2D eigenvalue weighted by molar-refractivity contribution is 5.77. The van der Waals surface area contributed by atoms with E-state index in [9.17, 15) is 4.79 Å². The summed E-state index contributed by atoms with van der Waals surface area (Å²) >= 11 is 0. The number of hydrogen-bond acceptors (Lipinski definition) is 4. The molecular weight excluding hydrogens is 280 g/mol. The molecule has 1 N–H and O–H groups in total. The van der Waals surface area contributed by atoms with Gasteiger partial charge in [-0.15, -0.1) is 10.2 Å². The maximum absolute atomic E-state index is 11.9. The van der Waals surface area contributed by atoms with Gasteiger partial charge < -0.3 is 14.6 Å². The molecule has 2 rings (SSSR count). The normalized spacial score (nSPS) is 12.0. The Kier molecular flexibility index (Phi) is 5.52. The first kappa shape index (κ1) is 16.0. The fraction of sp³-hybridized carbons (Fsp3) is 0.438. The molecule has 0 aliphatic rings. The van der Waals surface area contributed by atoms with Crippen molar-refractivity contribution < 1.29 is 9.53 Å². The number of para-hydroxylation sites is 1. The quantitative estimate of drug-likeness (QED) is 0.849. The molecule has 2 aromatic rings. The van der Waals surface area contributed by atoms with Gasteiger partial charge in [-0.3, -0.25) is 4.79 Å². The van der Waals surface area contributed by atoms with Crippen molar-refractivity contribution in [3.63, 3.8) is 0 Å². The molecule has 1 aromatic heterocycles. The smallest absolute Gasteiger partial charge is 0.258 e. The SMILES string of the molecule is CCC(C)c1ccccc1OCC(=O)NCc1nncn1C. The molecule has 0 bridgehead atoms. The summed E-state index contributed by atoms with van der Waals surface area (Å²) in [6.45, 7) is 4.61. The summed E-state index contributed by atoms with van der Waals surface area (Å²) in [5.41, 5.74) is 1.13. The van der Waals surface area contributed by atoms with E-state index in [1.165, 1.54) is 0 Å². The third kappa shape index (κ3) is 4.07. The largest absolute Gasteiger partial charge is 0.483 e. The highest BCUT2D eigenvalue weighted by Crippen LogP contribution is 2.28. The zero-order valence-corrected chi connectivity index (χ0v) is 13.2. The monoisotopic (exact) mass is 302 g/mol. The van der Waals surface area contributed by atoms with E-state index in [0.717, 1.165) is 17.7 Å². The fourth-order valence-corrected chi connectivity index (χ4v) is 2.08. The number of carbonyl (C=O) groups is 1. The van der Waals surface area contributed by atoms with Gasteiger partial charge in [0.25, 0.3) is 5.91 Å². The summed E-state index contributed by atoms with van der Waals surface area (Å²) < 4.78 is 7.43. The van der Waals surface area contributed by atoms with Gasteiger partial charge in [0.15, 0.2) is 12.4 Å². The number of amides is 1. The van der Waals surface area contributed by atoms with Crippen LogP contribution in [0.2, 0.25) is 0 Å². The molecule has 1 unspecified atom stereocenters. The van der Waals surface area contributed by atoms with E-state index in [1.54, 1.807) is 10.9 Å². The molecule has 1 amide bonds. The van der Waals surface area contributed by atoms with Crippen molar-refractivity contribution >= 4 is 5.91 Å². The Labute approximate surface area is 130 Å². The lowest BCUT2D eigenvalue weighted by Gasteiger charge is -2.15. The predicted octanol–water partition coefficient (Wildman–Crippen LogP) is 2.02. The average Bonchev–Trinajstić information content (AvgIpc) is 2.95. The minimum absolute atomic E-state index is 0.00863. The van der Waals surface area contributed by atoms with Crippen molar-refractivity contribution in [3.8, 4) is 5.75 Å². The Morgan fingerprint density at radius 2 is 2.18 bits per heavy atom. The number of aromatic nitrogens is 3. The van der Waals surface area contributed by atoms with Crippen LogP contribution in [0.3, 0.4) is 0 Å². The molecule has 0 aliphatic carbocycles. The maximum Gasteiger partial charge on any atom is 0.258 e. The van der Waals surface area contributed by atoms with Crippen LogP contribution in [0.4, 0.5) is 0 Å². The van der Waals surface area contributed by atoms with E-state index in [4.69, 9.17) is 4.74 Å². The molecule has 6 heteroatoms. The predicted molar refractivity (Wildman–Crippen MR) is 83.5 cm³/mol. The third-order valence-corrected chi connectivity index (χ3v) is 3.67. The maximum atomic E-state index is 11.9. The van der Waals surface area contributed by atoms with Gasteiger partial charge in [-0.25, -0.2) is 0 Å². The summed E-state index contributed by atoms with van der Waals surface area (Å²) in [7, 11) is 1.83. The molecule has 1 atom stereocenters. The van der Waals surface area contributed by atoms with Crippen molar-refractivity contribution in [2.75, 3.05) is 6.61 Å². The van der Waals surface area contributed by atoms with Gasteiger partial charge in [-0.05, 0) is 24.0 Å². The highest BCUT2D eigenvalue weighted by atomic mass is 16.5. The van der Waals surface area contributed by atoms with E-state index < -0.39 is 0 Å². The Bertz CT molecular complexity index is 624. The minimum Gasteiger partial charge on any atom is -0.483 e. The van der Waals surface area contributed by atoms with Crippen molar-refractivity contribution in [1.29, 1.82) is 0 Å². The first-order valence-electron chi connectivity index (χ1n) is 7.43. The number of nitrogens with zero attached hydrogens (tertiary/aromatic N) is 3. The van der Waals surface area contributed by atoms with Gasteiger partial charge in [0.2, 0.25) is 0 Å². The number of aryl methyl sites for hydroxylation is 1. The first-order chi connectivity index (χ1) is 10.6. The molecular formula is C16H22N4O2. The number of hydrogen-bond donors (Lipinski definition) is 1. The number of rotatable bonds is 7. The van der Waals surface area contributed by atoms with Crippen molar-refractivity contribution in [1.82, 2.24) is 20.1 Å². The Balaban J connectivity index is 1.87. The second kappa shape index (κ2) is 7.59. The van der Waals surface area contributed by atoms with Crippen LogP contribution in [0, 0.1) is 0 Å². The van der Waals surface area contributed by atoms with Crippen molar-refractivity contribution in [2.24, 2.45) is 7.05 Å². The van der Waals surface area contributed by atoms with Crippen molar-refractivity contribution in [2.45, 2.75) is 32.7 Å². The van der Waals surface area contributed by atoms with Gasteiger partial charge in [0.05, 0.1) is 6.54 Å². The Hall–Kier alpha value is -2.37. The van der Waals surface area contributed by atoms with Gasteiger partial charge in [-0.1, -0.05) is 32.0 Å². The summed E-state index contributed by atoms with van der Waals surface area (Å²) in [5.74, 6) is 1.69. The van der Waals surface area contributed by atoms with Gasteiger partial charge in [0.1, 0.15) is 12.1 Å². The van der Waals surface area contributed by atoms with Crippen LogP contribution in [0.5, 0.6) is 5.75 Å². The van der Waals surface area contributed by atoms with Crippen LogP contribution >= 0.6 is 0 Å². The molecule has 1 aromatic carbocycles. The second-order valence-corrected chi connectivity index (χ2v) is 5.27. The topological polar surface area (TPSA) is 69.0 Å². The minimum atomic E-state index is -0.179. The number of nitrogens with one attached hydrogen (secondary N) is 1. The zero-order chi connectivity index (χ0) is 15.9. The molecule has 0 spiro atoms. The van der Waals surface area contributed by atoms with E-state index in [0.29, 0.717) is 18.3 Å². The van der Waals surface area contributed by atoms with Crippen molar-refractivity contribution in [3.05, 3.63) is 42.0 Å². The second-order valence-electron chi connectivity index (χ2n) is 5.27. The van der Waals surface area contributed by atoms with Gasteiger partial charge in [0, 0.05) is 7.05 Å². The summed E-state index contributed by atoms with van der Waals surface area (Å²) in [4.78, 5) is 11.9. The lowest BCUT2D eigenvalue weighted by atomic mass is 9.98. The van der Waals surface area contributed by atoms with Crippen LogP contribution in [-0.2, 0) is 18.4 Å². The third-order valence-electron chi connectivity index (χ3n) is 3.67. The number of benzene rings is 1. The number of ether oxygens (including phenoxy) is 1. The van der Waals surface area contributed by atoms with Gasteiger partial charge in [-0.2, -0.15) is 0 Å².